The van der Waals surface area contributed by atoms with E-state index in [1.165, 1.54) is 16.8 Å². The van der Waals surface area contributed by atoms with Crippen LogP contribution in [0.4, 0.5) is 4.79 Å². The van der Waals surface area contributed by atoms with Crippen molar-refractivity contribution in [3.8, 4) is 11.1 Å². The third-order valence-corrected chi connectivity index (χ3v) is 6.07. The summed E-state index contributed by atoms with van der Waals surface area (Å²) >= 11 is 0. The largest absolute Gasteiger partial charge is 0.481 e. The van der Waals surface area contributed by atoms with Gasteiger partial charge in [-0.1, -0.05) is 48.5 Å². The molecular formula is C26H31N3O6. The number of hydrogen-bond donors (Lipinski definition) is 2. The summed E-state index contributed by atoms with van der Waals surface area (Å²) in [7, 11) is 4.81. The van der Waals surface area contributed by atoms with Crippen molar-refractivity contribution in [2.45, 2.75) is 31.2 Å². The van der Waals surface area contributed by atoms with E-state index in [1.54, 1.807) is 14.1 Å². The molecule has 1 unspecified atom stereocenters. The van der Waals surface area contributed by atoms with Crippen molar-refractivity contribution in [3.05, 3.63) is 59.7 Å². The smallest absolute Gasteiger partial charge is 0.407 e. The Morgan fingerprint density at radius 2 is 1.54 bits per heavy atom. The molecule has 0 fully saturated rings. The topological polar surface area (TPSA) is 116 Å². The number of ether oxygens (including phenoxy) is 1. The number of nitrogens with zero attached hydrogens (tertiary/aromatic N) is 2. The lowest BCUT2D eigenvalue weighted by molar-refractivity contribution is -0.142. The van der Waals surface area contributed by atoms with Crippen LogP contribution in [0.5, 0.6) is 0 Å². The number of benzene rings is 2. The zero-order chi connectivity index (χ0) is 25.5. The van der Waals surface area contributed by atoms with Crippen LogP contribution in [-0.4, -0.2) is 79.1 Å². The van der Waals surface area contributed by atoms with E-state index in [1.807, 2.05) is 48.5 Å². The Balaban J connectivity index is 1.60. The van der Waals surface area contributed by atoms with E-state index in [9.17, 15) is 24.3 Å². The zero-order valence-corrected chi connectivity index (χ0v) is 20.2. The number of rotatable bonds is 10. The molecule has 0 radical (unpaired) electrons. The number of likely N-dealkylation sites (N-methyl/N-ethyl adjacent to an activating group) is 1. The lowest BCUT2D eigenvalue weighted by Crippen LogP contribution is -2.49. The van der Waals surface area contributed by atoms with Gasteiger partial charge < -0.3 is 25.0 Å². The molecule has 0 aromatic heterocycles. The quantitative estimate of drug-likeness (QED) is 0.539. The van der Waals surface area contributed by atoms with Crippen molar-refractivity contribution in [3.63, 3.8) is 0 Å². The molecule has 0 aliphatic heterocycles. The molecule has 1 atom stereocenters. The highest BCUT2D eigenvalue weighted by atomic mass is 16.5. The monoisotopic (exact) mass is 481 g/mol. The lowest BCUT2D eigenvalue weighted by Gasteiger charge is -2.24. The normalized spacial score (nSPS) is 12.8. The summed E-state index contributed by atoms with van der Waals surface area (Å²) in [6.45, 7) is 0.303. The fraction of sp³-hybridized carbons (Fsp3) is 0.385. The van der Waals surface area contributed by atoms with E-state index in [2.05, 4.69) is 5.32 Å². The van der Waals surface area contributed by atoms with Crippen LogP contribution in [0.2, 0.25) is 0 Å². The third-order valence-electron chi connectivity index (χ3n) is 6.07. The molecule has 9 heteroatoms. The molecule has 0 saturated heterocycles. The average molecular weight is 482 g/mol. The summed E-state index contributed by atoms with van der Waals surface area (Å²) in [5.41, 5.74) is 4.27. The first kappa shape index (κ1) is 25.7. The second kappa shape index (κ2) is 11.5. The van der Waals surface area contributed by atoms with Crippen LogP contribution in [0.3, 0.4) is 0 Å². The molecule has 3 rings (SSSR count). The summed E-state index contributed by atoms with van der Waals surface area (Å²) in [5, 5.41) is 11.7. The molecule has 0 heterocycles. The van der Waals surface area contributed by atoms with E-state index < -0.39 is 30.4 Å². The van der Waals surface area contributed by atoms with Crippen LogP contribution < -0.4 is 5.32 Å². The molecule has 2 aromatic carbocycles. The molecule has 9 nitrogen and oxygen atoms in total. The van der Waals surface area contributed by atoms with Gasteiger partial charge in [0.25, 0.3) is 0 Å². The molecule has 0 saturated carbocycles. The number of carboxylic acid groups (broad SMARTS) is 1. The summed E-state index contributed by atoms with van der Waals surface area (Å²) in [6.07, 6.45) is -0.759. The van der Waals surface area contributed by atoms with Crippen molar-refractivity contribution in [2.24, 2.45) is 0 Å². The van der Waals surface area contributed by atoms with Crippen LogP contribution in [0.25, 0.3) is 11.1 Å². The Kier molecular flexibility index (Phi) is 8.46. The average Bonchev–Trinajstić information content (AvgIpc) is 3.15. The van der Waals surface area contributed by atoms with Crippen LogP contribution in [0, 0.1) is 0 Å². The number of alkyl carbamates (subject to hydrolysis) is 1. The Bertz CT molecular complexity index is 1050. The Morgan fingerprint density at radius 3 is 2.09 bits per heavy atom. The van der Waals surface area contributed by atoms with Gasteiger partial charge in [-0.3, -0.25) is 14.4 Å². The van der Waals surface area contributed by atoms with Gasteiger partial charge in [0.1, 0.15) is 12.6 Å². The van der Waals surface area contributed by atoms with Crippen molar-refractivity contribution in [1.82, 2.24) is 15.1 Å². The number of hydrogen-bond acceptors (Lipinski definition) is 5. The molecule has 2 aromatic rings. The van der Waals surface area contributed by atoms with Crippen LogP contribution in [0.1, 0.15) is 36.3 Å². The maximum absolute atomic E-state index is 12.8. The minimum absolute atomic E-state index is 0.0519. The molecule has 3 amide bonds. The highest BCUT2D eigenvalue weighted by molar-refractivity contribution is 5.89. The van der Waals surface area contributed by atoms with Gasteiger partial charge in [-0.2, -0.15) is 0 Å². The number of carbonyl (C=O) groups excluding carboxylic acids is 3. The van der Waals surface area contributed by atoms with Crippen molar-refractivity contribution in [1.29, 1.82) is 0 Å². The molecule has 186 valence electrons. The molecule has 1 aliphatic rings. The SMILES string of the molecule is CN(C)C(=O)CCCN(C)C(=O)C(CC(=O)O)NC(=O)OCC1c2ccccc2-c2ccccc21. The van der Waals surface area contributed by atoms with E-state index >= 15 is 0 Å². The lowest BCUT2D eigenvalue weighted by atomic mass is 9.98. The van der Waals surface area contributed by atoms with Gasteiger partial charge in [0, 0.05) is 40.0 Å². The van der Waals surface area contributed by atoms with E-state index in [0.717, 1.165) is 22.3 Å². The third kappa shape index (κ3) is 6.38. The summed E-state index contributed by atoms with van der Waals surface area (Å²) < 4.78 is 5.46. The van der Waals surface area contributed by atoms with Crippen LogP contribution in [0.15, 0.2) is 48.5 Å². The number of nitrogens with one attached hydrogen (secondary N) is 1. The first-order chi connectivity index (χ1) is 16.7. The molecule has 0 spiro atoms. The summed E-state index contributed by atoms with van der Waals surface area (Å²) in [6, 6.07) is 14.5. The Hall–Kier alpha value is -3.88. The van der Waals surface area contributed by atoms with Crippen molar-refractivity contribution in [2.75, 3.05) is 34.3 Å². The maximum atomic E-state index is 12.8. The molecular weight excluding hydrogens is 450 g/mol. The predicted molar refractivity (Wildman–Crippen MR) is 130 cm³/mol. The minimum atomic E-state index is -1.28. The van der Waals surface area contributed by atoms with Crippen molar-refractivity contribution < 1.29 is 29.0 Å². The van der Waals surface area contributed by atoms with Gasteiger partial charge in [-0.25, -0.2) is 4.79 Å². The van der Waals surface area contributed by atoms with E-state index in [-0.39, 0.29) is 31.4 Å². The zero-order valence-electron chi connectivity index (χ0n) is 20.2. The molecule has 2 N–H and O–H groups in total. The van der Waals surface area contributed by atoms with Crippen molar-refractivity contribution >= 4 is 23.9 Å². The molecule has 1 aliphatic carbocycles. The Morgan fingerprint density at radius 1 is 0.971 bits per heavy atom. The number of aliphatic carboxylic acids is 1. The summed E-state index contributed by atoms with van der Waals surface area (Å²) in [4.78, 5) is 51.2. The van der Waals surface area contributed by atoms with Gasteiger partial charge in [0.15, 0.2) is 0 Å². The highest BCUT2D eigenvalue weighted by Gasteiger charge is 2.31. The standard InChI is InChI=1S/C26H31N3O6/c1-28(2)23(30)13-8-14-29(3)25(33)22(15-24(31)32)27-26(34)35-16-21-19-11-6-4-9-17(19)18-10-5-7-12-20(18)21/h4-7,9-12,21-22H,8,13-16H2,1-3H3,(H,27,34)(H,31,32). The van der Waals surface area contributed by atoms with Crippen LogP contribution >= 0.6 is 0 Å². The number of amides is 3. The fourth-order valence-corrected chi connectivity index (χ4v) is 4.22. The highest BCUT2D eigenvalue weighted by Crippen LogP contribution is 2.44. The molecule has 0 bridgehead atoms. The van der Waals surface area contributed by atoms with E-state index in [4.69, 9.17) is 4.74 Å². The second-order valence-electron chi connectivity index (χ2n) is 8.77. The predicted octanol–water partition coefficient (Wildman–Crippen LogP) is 2.70. The van der Waals surface area contributed by atoms with Gasteiger partial charge in [0.2, 0.25) is 11.8 Å². The fourth-order valence-electron chi connectivity index (χ4n) is 4.22. The maximum Gasteiger partial charge on any atom is 0.407 e. The number of carbonyl (C=O) groups is 4. The number of fused-ring (bicyclic) bond motifs is 3. The van der Waals surface area contributed by atoms with Gasteiger partial charge >= 0.3 is 12.1 Å². The minimum Gasteiger partial charge on any atom is -0.481 e. The van der Waals surface area contributed by atoms with E-state index in [0.29, 0.717) is 6.42 Å². The molecule has 35 heavy (non-hydrogen) atoms. The second-order valence-corrected chi connectivity index (χ2v) is 8.77. The first-order valence-electron chi connectivity index (χ1n) is 11.5. The van der Waals surface area contributed by atoms with Crippen LogP contribution in [-0.2, 0) is 19.1 Å². The van der Waals surface area contributed by atoms with Gasteiger partial charge in [-0.05, 0) is 28.7 Å². The van der Waals surface area contributed by atoms with Gasteiger partial charge in [0.05, 0.1) is 6.42 Å². The Labute approximate surface area is 204 Å². The summed E-state index contributed by atoms with van der Waals surface area (Å²) in [5.74, 6) is -2.00. The first-order valence-corrected chi connectivity index (χ1v) is 11.5. The van der Waals surface area contributed by atoms with Gasteiger partial charge in [-0.15, -0.1) is 0 Å². The number of carboxylic acids is 1.